The summed E-state index contributed by atoms with van der Waals surface area (Å²) in [7, 11) is 1.83. The molecule has 124 valence electrons. The third-order valence-corrected chi connectivity index (χ3v) is 5.52. The summed E-state index contributed by atoms with van der Waals surface area (Å²) in [5.41, 5.74) is 6.53. The Hall–Kier alpha value is -0.160. The minimum atomic E-state index is 0.245. The van der Waals surface area contributed by atoms with Crippen LogP contribution in [-0.2, 0) is 4.74 Å². The van der Waals surface area contributed by atoms with Gasteiger partial charge < -0.3 is 15.4 Å². The van der Waals surface area contributed by atoms with Crippen molar-refractivity contribution in [1.82, 2.24) is 9.80 Å². The monoisotopic (exact) mass is 297 g/mol. The summed E-state index contributed by atoms with van der Waals surface area (Å²) in [6, 6.07) is 0. The SMILES string of the molecule is CCCN1CCCC(CN)(N2CCCC(COC)C2)CC1. The van der Waals surface area contributed by atoms with E-state index in [0.29, 0.717) is 5.92 Å². The number of nitrogens with two attached hydrogens (primary N) is 1. The summed E-state index contributed by atoms with van der Waals surface area (Å²) in [6.07, 6.45) is 7.67. The quantitative estimate of drug-likeness (QED) is 0.813. The molecule has 2 aliphatic rings. The highest BCUT2D eigenvalue weighted by molar-refractivity contribution is 4.96. The van der Waals surface area contributed by atoms with Crippen LogP contribution in [0.3, 0.4) is 0 Å². The van der Waals surface area contributed by atoms with Crippen molar-refractivity contribution in [1.29, 1.82) is 0 Å². The van der Waals surface area contributed by atoms with Crippen LogP contribution in [0.15, 0.2) is 0 Å². The zero-order chi connectivity index (χ0) is 15.1. The van der Waals surface area contributed by atoms with Crippen LogP contribution in [0.1, 0.15) is 45.4 Å². The van der Waals surface area contributed by atoms with Gasteiger partial charge in [-0.1, -0.05) is 6.92 Å². The minimum Gasteiger partial charge on any atom is -0.384 e. The molecule has 0 radical (unpaired) electrons. The molecule has 0 amide bonds. The highest BCUT2D eigenvalue weighted by Crippen LogP contribution is 2.32. The van der Waals surface area contributed by atoms with E-state index in [4.69, 9.17) is 10.5 Å². The molecule has 2 fully saturated rings. The van der Waals surface area contributed by atoms with Gasteiger partial charge in [0.25, 0.3) is 0 Å². The van der Waals surface area contributed by atoms with Gasteiger partial charge in [-0.15, -0.1) is 0 Å². The molecule has 2 unspecified atom stereocenters. The van der Waals surface area contributed by atoms with Crippen molar-refractivity contribution in [3.05, 3.63) is 0 Å². The number of hydrogen-bond acceptors (Lipinski definition) is 4. The van der Waals surface area contributed by atoms with Crippen LogP contribution >= 0.6 is 0 Å². The normalized spacial score (nSPS) is 33.0. The van der Waals surface area contributed by atoms with Gasteiger partial charge in [-0.3, -0.25) is 4.90 Å². The van der Waals surface area contributed by atoms with Crippen LogP contribution in [0.25, 0.3) is 0 Å². The highest BCUT2D eigenvalue weighted by atomic mass is 16.5. The minimum absolute atomic E-state index is 0.245. The largest absolute Gasteiger partial charge is 0.384 e. The van der Waals surface area contributed by atoms with E-state index >= 15 is 0 Å². The molecular formula is C17H35N3O. The zero-order valence-corrected chi connectivity index (χ0v) is 14.1. The van der Waals surface area contributed by atoms with Crippen molar-refractivity contribution in [3.8, 4) is 0 Å². The van der Waals surface area contributed by atoms with Crippen LogP contribution in [0.4, 0.5) is 0 Å². The van der Waals surface area contributed by atoms with Crippen molar-refractivity contribution >= 4 is 0 Å². The molecule has 2 rings (SSSR count). The Balaban J connectivity index is 1.99. The fourth-order valence-corrected chi connectivity index (χ4v) is 4.29. The Bertz CT molecular complexity index is 298. The number of methoxy groups -OCH3 is 1. The summed E-state index contributed by atoms with van der Waals surface area (Å²) in [5, 5.41) is 0. The van der Waals surface area contributed by atoms with Crippen LogP contribution in [0.2, 0.25) is 0 Å². The van der Waals surface area contributed by atoms with E-state index in [1.807, 2.05) is 7.11 Å². The first-order valence-corrected chi connectivity index (χ1v) is 8.90. The molecule has 2 atom stereocenters. The Morgan fingerprint density at radius 2 is 2.05 bits per heavy atom. The van der Waals surface area contributed by atoms with Gasteiger partial charge in [0.05, 0.1) is 6.61 Å². The molecule has 2 saturated heterocycles. The number of piperidine rings is 1. The fourth-order valence-electron chi connectivity index (χ4n) is 4.29. The second-order valence-corrected chi connectivity index (χ2v) is 7.03. The van der Waals surface area contributed by atoms with Gasteiger partial charge in [-0.05, 0) is 70.6 Å². The van der Waals surface area contributed by atoms with Crippen LogP contribution in [0.5, 0.6) is 0 Å². The van der Waals surface area contributed by atoms with Crippen molar-refractivity contribution in [2.75, 3.05) is 53.0 Å². The second kappa shape index (κ2) is 8.47. The first-order valence-electron chi connectivity index (χ1n) is 8.90. The Labute approximate surface area is 131 Å². The average Bonchev–Trinajstić information content (AvgIpc) is 2.72. The predicted molar refractivity (Wildman–Crippen MR) is 88.5 cm³/mol. The molecule has 2 aliphatic heterocycles. The molecular weight excluding hydrogens is 262 g/mol. The molecule has 0 aromatic carbocycles. The smallest absolute Gasteiger partial charge is 0.0502 e. The molecule has 0 aromatic heterocycles. The molecule has 2 heterocycles. The van der Waals surface area contributed by atoms with Gasteiger partial charge >= 0.3 is 0 Å². The lowest BCUT2D eigenvalue weighted by Crippen LogP contribution is -2.57. The van der Waals surface area contributed by atoms with Crippen LogP contribution < -0.4 is 5.73 Å². The first kappa shape index (κ1) is 17.2. The highest BCUT2D eigenvalue weighted by Gasteiger charge is 2.39. The van der Waals surface area contributed by atoms with Gasteiger partial charge in [-0.2, -0.15) is 0 Å². The summed E-state index contributed by atoms with van der Waals surface area (Å²) < 4.78 is 5.39. The molecule has 21 heavy (non-hydrogen) atoms. The topological polar surface area (TPSA) is 41.7 Å². The Morgan fingerprint density at radius 1 is 1.19 bits per heavy atom. The zero-order valence-electron chi connectivity index (χ0n) is 14.1. The van der Waals surface area contributed by atoms with Crippen molar-refractivity contribution in [2.24, 2.45) is 11.7 Å². The van der Waals surface area contributed by atoms with Crippen LogP contribution in [0, 0.1) is 5.92 Å². The lowest BCUT2D eigenvalue weighted by Gasteiger charge is -2.47. The maximum atomic E-state index is 6.29. The third kappa shape index (κ3) is 4.41. The number of nitrogens with zero attached hydrogens (tertiary/aromatic N) is 2. The number of likely N-dealkylation sites (tertiary alicyclic amines) is 2. The maximum absolute atomic E-state index is 6.29. The molecule has 0 aromatic rings. The maximum Gasteiger partial charge on any atom is 0.0502 e. The van der Waals surface area contributed by atoms with Gasteiger partial charge in [-0.25, -0.2) is 0 Å². The lowest BCUT2D eigenvalue weighted by molar-refractivity contribution is 0.0141. The van der Waals surface area contributed by atoms with E-state index in [1.54, 1.807) is 0 Å². The van der Waals surface area contributed by atoms with E-state index in [-0.39, 0.29) is 5.54 Å². The van der Waals surface area contributed by atoms with Crippen molar-refractivity contribution < 1.29 is 4.74 Å². The van der Waals surface area contributed by atoms with E-state index in [0.717, 1.165) is 13.2 Å². The fraction of sp³-hybridized carbons (Fsp3) is 1.00. The number of rotatable bonds is 6. The second-order valence-electron chi connectivity index (χ2n) is 7.03. The first-order chi connectivity index (χ1) is 10.2. The standard InChI is InChI=1S/C17H35N3O/c1-3-9-19-10-5-7-17(15-18,8-12-19)20-11-4-6-16(13-20)14-21-2/h16H,3-15,18H2,1-2H3. The summed E-state index contributed by atoms with van der Waals surface area (Å²) in [6.45, 7) is 10.1. The average molecular weight is 297 g/mol. The molecule has 0 spiro atoms. The Kier molecular flexibility index (Phi) is 6.93. The Morgan fingerprint density at radius 3 is 2.76 bits per heavy atom. The summed E-state index contributed by atoms with van der Waals surface area (Å²) in [4.78, 5) is 5.35. The molecule has 0 aliphatic carbocycles. The molecule has 4 nitrogen and oxygen atoms in total. The van der Waals surface area contributed by atoms with E-state index < -0.39 is 0 Å². The molecule has 0 saturated carbocycles. The van der Waals surface area contributed by atoms with E-state index in [9.17, 15) is 0 Å². The van der Waals surface area contributed by atoms with Gasteiger partial charge in [0.1, 0.15) is 0 Å². The van der Waals surface area contributed by atoms with E-state index in [2.05, 4.69) is 16.7 Å². The lowest BCUT2D eigenvalue weighted by atomic mass is 9.85. The number of hydrogen-bond donors (Lipinski definition) is 1. The molecule has 0 bridgehead atoms. The third-order valence-electron chi connectivity index (χ3n) is 5.52. The molecule has 4 heteroatoms. The summed E-state index contributed by atoms with van der Waals surface area (Å²) >= 11 is 0. The summed E-state index contributed by atoms with van der Waals surface area (Å²) in [5.74, 6) is 0.696. The van der Waals surface area contributed by atoms with E-state index in [1.165, 1.54) is 71.2 Å². The van der Waals surface area contributed by atoms with Gasteiger partial charge in [0, 0.05) is 25.7 Å². The predicted octanol–water partition coefficient (Wildman–Crippen LogP) is 1.94. The van der Waals surface area contributed by atoms with Gasteiger partial charge in [0.15, 0.2) is 0 Å². The van der Waals surface area contributed by atoms with Crippen molar-refractivity contribution in [3.63, 3.8) is 0 Å². The van der Waals surface area contributed by atoms with Crippen LogP contribution in [-0.4, -0.2) is 68.3 Å². The number of ether oxygens (including phenoxy) is 1. The molecule has 2 N–H and O–H groups in total. The van der Waals surface area contributed by atoms with Crippen molar-refractivity contribution in [2.45, 2.75) is 51.0 Å². The van der Waals surface area contributed by atoms with Gasteiger partial charge in [0.2, 0.25) is 0 Å².